The number of esters is 1. The molecule has 14 N–H and O–H groups in total. The molecule has 8 fully saturated rings. The van der Waals surface area contributed by atoms with Crippen LogP contribution in [0.3, 0.4) is 0 Å². The zero-order valence-corrected chi connectivity index (χ0v) is 45.5. The number of hydrogen-bond acceptors (Lipinski definition) is 23. The van der Waals surface area contributed by atoms with Crippen LogP contribution in [0, 0.1) is 50.2 Å². The number of aliphatic hydroxyl groups is 13. The van der Waals surface area contributed by atoms with Gasteiger partial charge in [-0.2, -0.15) is 0 Å². The smallest absolute Gasteiger partial charge is 0.335 e. The van der Waals surface area contributed by atoms with Gasteiger partial charge in [-0.15, -0.1) is 0 Å². The number of hydrogen-bond donors (Lipinski definition) is 14. The summed E-state index contributed by atoms with van der Waals surface area (Å²) in [5.41, 5.74) is -1.44. The fraction of sp³-hybridized carbons (Fsp3) is 0.926. The Morgan fingerprint density at radius 2 is 1.05 bits per heavy atom. The van der Waals surface area contributed by atoms with Crippen molar-refractivity contribution >= 4 is 11.9 Å². The molecule has 24 heteroatoms. The van der Waals surface area contributed by atoms with Crippen LogP contribution < -0.4 is 0 Å². The van der Waals surface area contributed by atoms with E-state index in [9.17, 15) is 81.1 Å². The van der Waals surface area contributed by atoms with Gasteiger partial charge in [-0.25, -0.2) is 4.79 Å². The number of aliphatic hydroxyl groups excluding tert-OH is 13. The summed E-state index contributed by atoms with van der Waals surface area (Å²) in [7, 11) is 0. The molecule has 0 radical (unpaired) electrons. The predicted octanol–water partition coefficient (Wildman–Crippen LogP) is -1.94. The standard InChI is InChI=1S/C54H86O24/c1-49(2)14-16-54(48(70)78-46-38(66)35(63)32(60)26(21-57)73-46)17-15-52(6)22(23(54)18-49)8-9-28-51(5)12-11-29(50(3,4)27(51)10-13-53(28,52)7)74-47-39(67)40(75-44-36(64)33(61)30(58)24(19-55)71-44)41(42(77-47)43(68)69)76-45-37(65)34(62)31(59)25(20-56)72-45/h8,23-42,44-47,55-67H,9-21H2,1-7H3,(H,68,69)/t23-,24+,25+,26+,27-,28+,29-,30-,31+,32+,33-,34-,35-,36+,37+,38+,39+,40+,41-,42-,44-,45-,46-,47+,51-,52+,53+,54-/m0/s1. The van der Waals surface area contributed by atoms with Crippen molar-refractivity contribution < 1.29 is 119 Å². The maximum Gasteiger partial charge on any atom is 0.335 e. The molecule has 78 heavy (non-hydrogen) atoms. The van der Waals surface area contributed by atoms with Gasteiger partial charge in [-0.1, -0.05) is 60.1 Å². The lowest BCUT2D eigenvalue weighted by molar-refractivity contribution is -0.389. The molecule has 0 aromatic rings. The van der Waals surface area contributed by atoms with Crippen molar-refractivity contribution in [3.63, 3.8) is 0 Å². The summed E-state index contributed by atoms with van der Waals surface area (Å²) in [6.45, 7) is 13.2. The van der Waals surface area contributed by atoms with Gasteiger partial charge in [0, 0.05) is 0 Å². The maximum atomic E-state index is 14.8. The van der Waals surface area contributed by atoms with Gasteiger partial charge in [0.25, 0.3) is 0 Å². The van der Waals surface area contributed by atoms with Crippen LogP contribution >= 0.6 is 0 Å². The number of carboxylic acids is 1. The second kappa shape index (κ2) is 21.8. The summed E-state index contributed by atoms with van der Waals surface area (Å²) in [5, 5.41) is 149. The highest BCUT2D eigenvalue weighted by atomic mass is 16.8. The highest BCUT2D eigenvalue weighted by molar-refractivity contribution is 5.79. The van der Waals surface area contributed by atoms with E-state index in [2.05, 4.69) is 54.5 Å². The molecule has 0 amide bonds. The van der Waals surface area contributed by atoms with E-state index in [0.717, 1.165) is 19.3 Å². The minimum absolute atomic E-state index is 0.00428. The molecule has 9 aliphatic rings. The van der Waals surface area contributed by atoms with Gasteiger partial charge in [-0.3, -0.25) is 4.79 Å². The van der Waals surface area contributed by atoms with Crippen LogP contribution in [0.1, 0.15) is 113 Å². The van der Waals surface area contributed by atoms with E-state index < -0.39 is 172 Å². The highest BCUT2D eigenvalue weighted by Gasteiger charge is 2.70. The van der Waals surface area contributed by atoms with E-state index in [4.69, 9.17) is 37.9 Å². The van der Waals surface area contributed by atoms with Gasteiger partial charge < -0.3 is 109 Å². The molecule has 0 unspecified atom stereocenters. The summed E-state index contributed by atoms with van der Waals surface area (Å²) in [6.07, 6.45) is -28.0. The van der Waals surface area contributed by atoms with Crippen molar-refractivity contribution in [2.75, 3.05) is 19.8 Å². The van der Waals surface area contributed by atoms with Crippen molar-refractivity contribution in [2.45, 2.75) is 242 Å². The van der Waals surface area contributed by atoms with Crippen molar-refractivity contribution in [2.24, 2.45) is 50.2 Å². The van der Waals surface area contributed by atoms with E-state index in [0.29, 0.717) is 44.9 Å². The molecule has 0 aromatic carbocycles. The fourth-order valence-corrected chi connectivity index (χ4v) is 16.5. The molecular formula is C54H86O24. The lowest BCUT2D eigenvalue weighted by Crippen LogP contribution is -2.68. The Morgan fingerprint density at radius 1 is 0.551 bits per heavy atom. The van der Waals surface area contributed by atoms with Gasteiger partial charge in [0.15, 0.2) is 25.0 Å². The molecule has 0 bridgehead atoms. The zero-order valence-electron chi connectivity index (χ0n) is 45.5. The van der Waals surface area contributed by atoms with Crippen molar-refractivity contribution in [3.8, 4) is 0 Å². The quantitative estimate of drug-likeness (QED) is 0.0574. The highest BCUT2D eigenvalue weighted by Crippen LogP contribution is 2.76. The second-order valence-corrected chi connectivity index (χ2v) is 26.3. The van der Waals surface area contributed by atoms with Crippen LogP contribution in [0.2, 0.25) is 0 Å². The van der Waals surface area contributed by atoms with Gasteiger partial charge in [0.1, 0.15) is 91.6 Å². The average Bonchev–Trinajstić information content (AvgIpc) is 3.47. The minimum atomic E-state index is -2.10. The Hall–Kier alpha value is -2.12. The van der Waals surface area contributed by atoms with Crippen LogP contribution in [0.5, 0.6) is 0 Å². The minimum Gasteiger partial charge on any atom is -0.479 e. The molecule has 4 saturated heterocycles. The summed E-state index contributed by atoms with van der Waals surface area (Å²) in [5.74, 6) is -2.27. The third-order valence-corrected chi connectivity index (χ3v) is 21.4. The van der Waals surface area contributed by atoms with Gasteiger partial charge >= 0.3 is 11.9 Å². The first-order chi connectivity index (χ1) is 36.5. The number of carbonyl (C=O) groups is 2. The molecule has 4 saturated carbocycles. The van der Waals surface area contributed by atoms with Crippen molar-refractivity contribution in [1.82, 2.24) is 0 Å². The average molecular weight is 1120 g/mol. The summed E-state index contributed by atoms with van der Waals surface area (Å²) in [6, 6.07) is 0. The van der Waals surface area contributed by atoms with E-state index in [-0.39, 0.29) is 39.4 Å². The first-order valence-corrected chi connectivity index (χ1v) is 27.8. The number of allylic oxidation sites excluding steroid dienone is 2. The summed E-state index contributed by atoms with van der Waals surface area (Å²) in [4.78, 5) is 28.0. The third kappa shape index (κ3) is 9.72. The molecule has 0 aromatic heterocycles. The number of carboxylic acid groups (broad SMARTS) is 1. The summed E-state index contributed by atoms with van der Waals surface area (Å²) >= 11 is 0. The van der Waals surface area contributed by atoms with Crippen LogP contribution in [0.4, 0.5) is 0 Å². The van der Waals surface area contributed by atoms with Gasteiger partial charge in [0.05, 0.1) is 31.3 Å². The number of fused-ring (bicyclic) bond motifs is 7. The molecular weight excluding hydrogens is 1030 g/mol. The Balaban J connectivity index is 0.975. The maximum absolute atomic E-state index is 14.8. The number of ether oxygens (including phenoxy) is 8. The predicted molar refractivity (Wildman–Crippen MR) is 263 cm³/mol. The number of rotatable bonds is 12. The third-order valence-electron chi connectivity index (χ3n) is 21.4. The molecule has 9 rings (SSSR count). The molecule has 4 aliphatic heterocycles. The Kier molecular flexibility index (Phi) is 16.9. The fourth-order valence-electron chi connectivity index (χ4n) is 16.5. The first-order valence-electron chi connectivity index (χ1n) is 27.8. The monoisotopic (exact) mass is 1120 g/mol. The largest absolute Gasteiger partial charge is 0.479 e. The van der Waals surface area contributed by atoms with Gasteiger partial charge in [0.2, 0.25) is 6.29 Å². The van der Waals surface area contributed by atoms with Crippen LogP contribution in [-0.4, -0.2) is 232 Å². The van der Waals surface area contributed by atoms with Crippen molar-refractivity contribution in [1.29, 1.82) is 0 Å². The Morgan fingerprint density at radius 3 is 1.59 bits per heavy atom. The second-order valence-electron chi connectivity index (χ2n) is 26.3. The van der Waals surface area contributed by atoms with Crippen LogP contribution in [0.25, 0.3) is 0 Å². The Labute approximate surface area is 453 Å². The summed E-state index contributed by atoms with van der Waals surface area (Å²) < 4.78 is 47.6. The number of aliphatic carboxylic acids is 1. The van der Waals surface area contributed by atoms with Crippen LogP contribution in [-0.2, 0) is 47.5 Å². The zero-order chi connectivity index (χ0) is 57.1. The van der Waals surface area contributed by atoms with E-state index in [1.54, 1.807) is 0 Å². The molecule has 446 valence electrons. The first kappa shape index (κ1) is 60.5. The normalized spacial score (nSPS) is 52.8. The van der Waals surface area contributed by atoms with E-state index >= 15 is 0 Å². The lowest BCUT2D eigenvalue weighted by Gasteiger charge is -2.71. The Bertz CT molecular complexity index is 2190. The van der Waals surface area contributed by atoms with Crippen LogP contribution in [0.15, 0.2) is 11.6 Å². The SMILES string of the molecule is CC1(C)CC[C@]2(C(=O)O[C@@H]3O[C@H](CO)[C@@H](O)[C@H](O)[C@H]3O)CC[C@]3(C)C(=CC[C@@H]4[C@@]5(C)CC[C@H](O[C@@H]6O[C@H](C(=O)O)[C@@H](O[C@@H]7O[C@H](CO)[C@@H](O)[C@H](O)[C@H]7O)[C@H](O[C@@H]7O[C@H](CO)[C@H](O)[C@H](O)[C@H]7O)[C@H]6O)C(C)(C)[C@@H]5CC[C@]43C)[C@@H]2C1. The molecule has 28 atom stereocenters. The van der Waals surface area contributed by atoms with E-state index in [1.165, 1.54) is 5.57 Å². The van der Waals surface area contributed by atoms with Crippen molar-refractivity contribution in [3.05, 3.63) is 11.6 Å². The lowest BCUT2D eigenvalue weighted by atomic mass is 9.33. The topological polar surface area (TPSA) is 391 Å². The molecule has 5 aliphatic carbocycles. The molecule has 24 nitrogen and oxygen atoms in total. The number of carbonyl (C=O) groups excluding carboxylic acids is 1. The van der Waals surface area contributed by atoms with E-state index in [1.807, 2.05) is 0 Å². The molecule has 0 spiro atoms. The molecule has 4 heterocycles. The van der Waals surface area contributed by atoms with Gasteiger partial charge in [-0.05, 0) is 109 Å².